The fourth-order valence-corrected chi connectivity index (χ4v) is 4.70. The van der Waals surface area contributed by atoms with Crippen LogP contribution < -0.4 is 16.2 Å². The Morgan fingerprint density at radius 1 is 0.882 bits per heavy atom. The zero-order valence-electron chi connectivity index (χ0n) is 18.1. The summed E-state index contributed by atoms with van der Waals surface area (Å²) in [6, 6.07) is 21.5. The van der Waals surface area contributed by atoms with Crippen LogP contribution in [-0.4, -0.2) is 17.7 Å². The first-order valence-corrected chi connectivity index (χ1v) is 11.5. The zero-order chi connectivity index (χ0) is 24.1. The predicted molar refractivity (Wildman–Crippen MR) is 137 cm³/mol. The molecule has 170 valence electrons. The number of hydrazine groups is 1. The highest BCUT2D eigenvalue weighted by molar-refractivity contribution is 7.21. The maximum atomic E-state index is 12.5. The Kier molecular flexibility index (Phi) is 7.06. The number of halogens is 1. The van der Waals surface area contributed by atoms with Crippen LogP contribution in [0.4, 0.5) is 5.69 Å². The molecule has 3 aromatic carbocycles. The van der Waals surface area contributed by atoms with Gasteiger partial charge in [-0.3, -0.25) is 25.2 Å². The van der Waals surface area contributed by atoms with Gasteiger partial charge in [-0.1, -0.05) is 54.1 Å². The van der Waals surface area contributed by atoms with Crippen molar-refractivity contribution >= 4 is 62.5 Å². The fraction of sp³-hybridized carbons (Fsp3) is 0.0385. The minimum absolute atomic E-state index is 0.288. The SMILES string of the molecule is Cc1ccc2c(Cl)c(C(=O)NNC(=O)c3ccc(NC(=O)/C=C/c4ccccc4)cc3)sc2c1. The van der Waals surface area contributed by atoms with Gasteiger partial charge in [0, 0.05) is 27.4 Å². The van der Waals surface area contributed by atoms with Crippen LogP contribution in [0.1, 0.15) is 31.2 Å². The van der Waals surface area contributed by atoms with Gasteiger partial charge in [0.2, 0.25) is 5.91 Å². The molecule has 4 rings (SSSR count). The number of amides is 3. The van der Waals surface area contributed by atoms with Crippen molar-refractivity contribution in [3.8, 4) is 0 Å². The van der Waals surface area contributed by atoms with Gasteiger partial charge >= 0.3 is 0 Å². The molecular weight excluding hydrogens is 470 g/mol. The number of rotatable bonds is 5. The smallest absolute Gasteiger partial charge is 0.281 e. The third-order valence-corrected chi connectivity index (χ3v) is 6.58. The Morgan fingerprint density at radius 3 is 2.32 bits per heavy atom. The quantitative estimate of drug-likeness (QED) is 0.252. The van der Waals surface area contributed by atoms with E-state index in [1.807, 2.05) is 55.5 Å². The van der Waals surface area contributed by atoms with E-state index in [4.69, 9.17) is 11.6 Å². The van der Waals surface area contributed by atoms with Gasteiger partial charge in [0.15, 0.2) is 0 Å². The van der Waals surface area contributed by atoms with Gasteiger partial charge in [0.1, 0.15) is 4.88 Å². The minimum Gasteiger partial charge on any atom is -0.323 e. The Bertz CT molecular complexity index is 1400. The van der Waals surface area contributed by atoms with Gasteiger partial charge in [0.25, 0.3) is 11.8 Å². The van der Waals surface area contributed by atoms with Crippen LogP contribution in [-0.2, 0) is 4.79 Å². The molecule has 0 fully saturated rings. The molecule has 34 heavy (non-hydrogen) atoms. The molecule has 3 N–H and O–H groups in total. The molecule has 1 heterocycles. The third kappa shape index (κ3) is 5.51. The molecule has 0 aliphatic carbocycles. The fourth-order valence-electron chi connectivity index (χ4n) is 3.19. The average Bonchev–Trinajstić information content (AvgIpc) is 3.17. The molecule has 0 bridgehead atoms. The summed E-state index contributed by atoms with van der Waals surface area (Å²) in [6.07, 6.45) is 3.15. The van der Waals surface area contributed by atoms with Gasteiger partial charge in [-0.25, -0.2) is 0 Å². The maximum Gasteiger partial charge on any atom is 0.281 e. The summed E-state index contributed by atoms with van der Waals surface area (Å²) in [5, 5.41) is 3.88. The molecule has 0 aliphatic heterocycles. The molecule has 0 atom stereocenters. The molecule has 0 radical (unpaired) electrons. The number of hydrogen-bond acceptors (Lipinski definition) is 4. The maximum absolute atomic E-state index is 12.5. The number of benzene rings is 3. The van der Waals surface area contributed by atoms with Crippen molar-refractivity contribution in [1.29, 1.82) is 0 Å². The number of carbonyl (C=O) groups is 3. The number of nitrogens with one attached hydrogen (secondary N) is 3. The van der Waals surface area contributed by atoms with E-state index in [1.165, 1.54) is 17.4 Å². The Labute approximate surface area is 205 Å². The lowest BCUT2D eigenvalue weighted by atomic mass is 10.2. The minimum atomic E-state index is -0.497. The number of fused-ring (bicyclic) bond motifs is 1. The lowest BCUT2D eigenvalue weighted by molar-refractivity contribution is -0.111. The van der Waals surface area contributed by atoms with Crippen LogP contribution >= 0.6 is 22.9 Å². The van der Waals surface area contributed by atoms with Crippen molar-refractivity contribution in [3.05, 3.63) is 105 Å². The average molecular weight is 490 g/mol. The second-order valence-corrected chi connectivity index (χ2v) is 8.89. The molecule has 8 heteroatoms. The van der Waals surface area contributed by atoms with Gasteiger partial charge in [-0.15, -0.1) is 11.3 Å². The van der Waals surface area contributed by atoms with E-state index in [9.17, 15) is 14.4 Å². The molecule has 0 spiro atoms. The first-order valence-electron chi connectivity index (χ1n) is 10.3. The van der Waals surface area contributed by atoms with Gasteiger partial charge < -0.3 is 5.32 Å². The van der Waals surface area contributed by atoms with Crippen molar-refractivity contribution in [1.82, 2.24) is 10.9 Å². The summed E-state index contributed by atoms with van der Waals surface area (Å²) >= 11 is 7.61. The summed E-state index contributed by atoms with van der Waals surface area (Å²) in [5.41, 5.74) is 7.63. The van der Waals surface area contributed by atoms with Gasteiger partial charge in [-0.2, -0.15) is 0 Å². The zero-order valence-corrected chi connectivity index (χ0v) is 19.7. The lowest BCUT2D eigenvalue weighted by Crippen LogP contribution is -2.41. The van der Waals surface area contributed by atoms with Crippen LogP contribution in [0.2, 0.25) is 5.02 Å². The van der Waals surface area contributed by atoms with Crippen molar-refractivity contribution < 1.29 is 14.4 Å². The lowest BCUT2D eigenvalue weighted by Gasteiger charge is -2.08. The first-order chi connectivity index (χ1) is 16.4. The molecule has 4 aromatic rings. The highest BCUT2D eigenvalue weighted by Crippen LogP contribution is 2.35. The number of anilines is 1. The van der Waals surface area contributed by atoms with Gasteiger partial charge in [0.05, 0.1) is 5.02 Å². The molecule has 0 saturated carbocycles. The second kappa shape index (κ2) is 10.3. The summed E-state index contributed by atoms with van der Waals surface area (Å²) in [5.74, 6) is -1.28. The number of aryl methyl sites for hydroxylation is 1. The molecule has 0 saturated heterocycles. The molecular formula is C26H20ClN3O3S. The van der Waals surface area contributed by atoms with Crippen molar-refractivity contribution in [2.24, 2.45) is 0 Å². The number of hydrogen-bond donors (Lipinski definition) is 3. The number of carbonyl (C=O) groups excluding carboxylic acids is 3. The highest BCUT2D eigenvalue weighted by atomic mass is 35.5. The number of thiophene rings is 1. The van der Waals surface area contributed by atoms with Crippen LogP contribution in [0.5, 0.6) is 0 Å². The summed E-state index contributed by atoms with van der Waals surface area (Å²) in [6.45, 7) is 1.96. The van der Waals surface area contributed by atoms with E-state index < -0.39 is 11.8 Å². The van der Waals surface area contributed by atoms with Crippen molar-refractivity contribution in [2.75, 3.05) is 5.32 Å². The highest BCUT2D eigenvalue weighted by Gasteiger charge is 2.18. The van der Waals surface area contributed by atoms with Crippen LogP contribution in [0.15, 0.2) is 78.9 Å². The summed E-state index contributed by atoms with van der Waals surface area (Å²) < 4.78 is 0.901. The Hall–Kier alpha value is -3.94. The summed E-state index contributed by atoms with van der Waals surface area (Å²) in [7, 11) is 0. The van der Waals surface area contributed by atoms with Crippen molar-refractivity contribution in [3.63, 3.8) is 0 Å². The molecule has 0 unspecified atom stereocenters. The van der Waals surface area contributed by atoms with Crippen LogP contribution in [0.3, 0.4) is 0 Å². The van der Waals surface area contributed by atoms with E-state index >= 15 is 0 Å². The predicted octanol–water partition coefficient (Wildman–Crippen LogP) is 5.59. The van der Waals surface area contributed by atoms with Crippen LogP contribution in [0, 0.1) is 6.92 Å². The second-order valence-electron chi connectivity index (χ2n) is 7.46. The van der Waals surface area contributed by atoms with Crippen LogP contribution in [0.25, 0.3) is 16.2 Å². The molecule has 0 aliphatic rings. The topological polar surface area (TPSA) is 87.3 Å². The largest absolute Gasteiger partial charge is 0.323 e. The van der Waals surface area contributed by atoms with E-state index in [0.717, 1.165) is 21.2 Å². The molecule has 1 aromatic heterocycles. The normalized spacial score (nSPS) is 10.9. The third-order valence-electron chi connectivity index (χ3n) is 4.92. The van der Waals surface area contributed by atoms with E-state index in [-0.39, 0.29) is 5.91 Å². The summed E-state index contributed by atoms with van der Waals surface area (Å²) in [4.78, 5) is 37.4. The standard InChI is InChI=1S/C26H20ClN3O3S/c1-16-7-13-20-21(15-16)34-24(23(20)27)26(33)30-29-25(32)18-9-11-19(12-10-18)28-22(31)14-8-17-5-3-2-4-6-17/h2-15H,1H3,(H,28,31)(H,29,32)(H,30,33)/b14-8+. The Morgan fingerprint density at radius 2 is 1.59 bits per heavy atom. The molecule has 3 amide bonds. The monoisotopic (exact) mass is 489 g/mol. The Balaban J connectivity index is 1.33. The van der Waals surface area contributed by atoms with E-state index in [2.05, 4.69) is 16.2 Å². The van der Waals surface area contributed by atoms with E-state index in [1.54, 1.807) is 30.3 Å². The first kappa shape index (κ1) is 23.2. The van der Waals surface area contributed by atoms with Gasteiger partial charge in [-0.05, 0) is 54.5 Å². The van der Waals surface area contributed by atoms with Crippen molar-refractivity contribution in [2.45, 2.75) is 6.92 Å². The van der Waals surface area contributed by atoms with E-state index in [0.29, 0.717) is 21.2 Å². The molecule has 6 nitrogen and oxygen atoms in total.